The molecule has 0 atom stereocenters. The third-order valence-electron chi connectivity index (χ3n) is 3.28. The van der Waals surface area contributed by atoms with Gasteiger partial charge in [0.15, 0.2) is 8.32 Å². The van der Waals surface area contributed by atoms with Gasteiger partial charge in [-0.05, 0) is 51.5 Å². The molecule has 0 saturated heterocycles. The van der Waals surface area contributed by atoms with Gasteiger partial charge in [-0.25, -0.2) is 0 Å². The van der Waals surface area contributed by atoms with E-state index in [0.717, 1.165) is 13.2 Å². The Hall–Kier alpha value is -0.803. The van der Waals surface area contributed by atoms with Crippen molar-refractivity contribution in [1.29, 1.82) is 0 Å². The number of aryl methyl sites for hydroxylation is 1. The summed E-state index contributed by atoms with van der Waals surface area (Å²) in [6.45, 7) is 10.8. The van der Waals surface area contributed by atoms with Crippen LogP contribution < -0.4 is 4.90 Å². The quantitative estimate of drug-likeness (QED) is 0.689. The Labute approximate surface area is 113 Å². The highest BCUT2D eigenvalue weighted by Crippen LogP contribution is 2.17. The molecule has 0 aromatic heterocycles. The van der Waals surface area contributed by atoms with Crippen LogP contribution in [-0.4, -0.2) is 28.5 Å². The highest BCUT2D eigenvalue weighted by atomic mass is 28.4. The zero-order chi connectivity index (χ0) is 13.6. The van der Waals surface area contributed by atoms with Crippen molar-refractivity contribution in [3.05, 3.63) is 29.8 Å². The summed E-state index contributed by atoms with van der Waals surface area (Å²) < 4.78 is 5.85. The van der Waals surface area contributed by atoms with E-state index in [4.69, 9.17) is 4.43 Å². The maximum absolute atomic E-state index is 5.85. The molecule has 0 aliphatic carbocycles. The van der Waals surface area contributed by atoms with Gasteiger partial charge in [0, 0.05) is 25.9 Å². The molecule has 0 unspecified atom stereocenters. The Morgan fingerprint density at radius 2 is 1.78 bits per heavy atom. The third kappa shape index (κ3) is 5.23. The topological polar surface area (TPSA) is 12.5 Å². The van der Waals surface area contributed by atoms with E-state index in [-0.39, 0.29) is 0 Å². The Kier molecular flexibility index (Phi) is 5.89. The van der Waals surface area contributed by atoms with Crippen LogP contribution >= 0.6 is 0 Å². The fourth-order valence-corrected chi connectivity index (χ4v) is 4.07. The predicted molar refractivity (Wildman–Crippen MR) is 83.0 cm³/mol. The highest BCUT2D eigenvalue weighted by Gasteiger charge is 2.20. The normalized spacial score (nSPS) is 11.6. The molecule has 0 heterocycles. The second kappa shape index (κ2) is 6.95. The molecule has 3 heteroatoms. The molecule has 2 nitrogen and oxygen atoms in total. The molecule has 0 radical (unpaired) electrons. The van der Waals surface area contributed by atoms with Crippen molar-refractivity contribution in [2.24, 2.45) is 0 Å². The van der Waals surface area contributed by atoms with Gasteiger partial charge < -0.3 is 9.33 Å². The molecule has 0 fully saturated rings. The minimum Gasteiger partial charge on any atom is -0.418 e. The van der Waals surface area contributed by atoms with Crippen LogP contribution in [0.2, 0.25) is 19.1 Å². The summed E-state index contributed by atoms with van der Waals surface area (Å²) in [7, 11) is 0.760. The standard InChI is InChI=1S/C15H27NOSi/c1-6-17-18(4,5)13-7-12-16(3)15-10-8-14(2)9-11-15/h8-11H,6-7,12-13H2,1-5H3. The molecule has 0 aliphatic rings. The summed E-state index contributed by atoms with van der Waals surface area (Å²) in [5, 5.41) is 0. The first-order valence-electron chi connectivity index (χ1n) is 6.86. The van der Waals surface area contributed by atoms with Crippen molar-refractivity contribution >= 4 is 14.0 Å². The fraction of sp³-hybridized carbons (Fsp3) is 0.600. The van der Waals surface area contributed by atoms with Crippen molar-refractivity contribution in [2.45, 2.75) is 39.4 Å². The minimum atomic E-state index is -1.41. The largest absolute Gasteiger partial charge is 0.418 e. The molecule has 1 aromatic carbocycles. The summed E-state index contributed by atoms with van der Waals surface area (Å²) in [6.07, 6.45) is 1.21. The van der Waals surface area contributed by atoms with Crippen LogP contribution in [0.15, 0.2) is 24.3 Å². The van der Waals surface area contributed by atoms with Gasteiger partial charge in [-0.2, -0.15) is 0 Å². The lowest BCUT2D eigenvalue weighted by atomic mass is 10.2. The van der Waals surface area contributed by atoms with E-state index in [1.807, 2.05) is 0 Å². The SMILES string of the molecule is CCO[Si](C)(C)CCCN(C)c1ccc(C)cc1. The first-order chi connectivity index (χ1) is 8.44. The lowest BCUT2D eigenvalue weighted by molar-refractivity contribution is 0.328. The van der Waals surface area contributed by atoms with Crippen LogP contribution in [0.4, 0.5) is 5.69 Å². The minimum absolute atomic E-state index is 0.854. The van der Waals surface area contributed by atoms with Crippen molar-refractivity contribution in [3.63, 3.8) is 0 Å². The van der Waals surface area contributed by atoms with Crippen LogP contribution in [0.5, 0.6) is 0 Å². The molecule has 0 amide bonds. The van der Waals surface area contributed by atoms with E-state index >= 15 is 0 Å². The van der Waals surface area contributed by atoms with Crippen LogP contribution in [0, 0.1) is 6.92 Å². The van der Waals surface area contributed by atoms with Crippen molar-refractivity contribution in [1.82, 2.24) is 0 Å². The number of anilines is 1. The molecular weight excluding hydrogens is 238 g/mol. The third-order valence-corrected chi connectivity index (χ3v) is 5.91. The average molecular weight is 265 g/mol. The lowest BCUT2D eigenvalue weighted by Gasteiger charge is -2.24. The molecule has 1 aromatic rings. The van der Waals surface area contributed by atoms with Gasteiger partial charge in [0.2, 0.25) is 0 Å². The Morgan fingerprint density at radius 1 is 1.17 bits per heavy atom. The summed E-state index contributed by atoms with van der Waals surface area (Å²) in [5.41, 5.74) is 2.62. The summed E-state index contributed by atoms with van der Waals surface area (Å²) >= 11 is 0. The molecule has 0 saturated carbocycles. The number of nitrogens with zero attached hydrogens (tertiary/aromatic N) is 1. The van der Waals surface area contributed by atoms with E-state index in [1.54, 1.807) is 0 Å². The smallest absolute Gasteiger partial charge is 0.186 e. The average Bonchev–Trinajstić information content (AvgIpc) is 2.29. The molecule has 0 aliphatic heterocycles. The van der Waals surface area contributed by atoms with E-state index in [0.29, 0.717) is 0 Å². The predicted octanol–water partition coefficient (Wildman–Crippen LogP) is 4.06. The summed E-state index contributed by atoms with van der Waals surface area (Å²) in [5.74, 6) is 0. The van der Waals surface area contributed by atoms with Gasteiger partial charge in [0.05, 0.1) is 0 Å². The van der Waals surface area contributed by atoms with Crippen LogP contribution in [0.3, 0.4) is 0 Å². The number of benzene rings is 1. The van der Waals surface area contributed by atoms with Crippen LogP contribution in [0.1, 0.15) is 18.9 Å². The maximum atomic E-state index is 5.85. The van der Waals surface area contributed by atoms with Crippen molar-refractivity contribution < 1.29 is 4.43 Å². The molecular formula is C15H27NOSi. The first kappa shape index (κ1) is 15.3. The highest BCUT2D eigenvalue weighted by molar-refractivity contribution is 6.71. The molecule has 0 N–H and O–H groups in total. The van der Waals surface area contributed by atoms with Crippen LogP contribution in [0.25, 0.3) is 0 Å². The van der Waals surface area contributed by atoms with Gasteiger partial charge in [-0.3, -0.25) is 0 Å². The zero-order valence-electron chi connectivity index (χ0n) is 12.5. The van der Waals surface area contributed by atoms with E-state index in [2.05, 4.69) is 63.2 Å². The fourth-order valence-electron chi connectivity index (χ4n) is 2.13. The molecule has 102 valence electrons. The maximum Gasteiger partial charge on any atom is 0.186 e. The molecule has 18 heavy (non-hydrogen) atoms. The Morgan fingerprint density at radius 3 is 2.33 bits per heavy atom. The van der Waals surface area contributed by atoms with Gasteiger partial charge in [-0.1, -0.05) is 17.7 Å². The second-order valence-electron chi connectivity index (χ2n) is 5.55. The molecule has 0 bridgehead atoms. The number of rotatable bonds is 7. The lowest BCUT2D eigenvalue weighted by Crippen LogP contribution is -2.31. The van der Waals surface area contributed by atoms with Crippen molar-refractivity contribution in [3.8, 4) is 0 Å². The van der Waals surface area contributed by atoms with Crippen LogP contribution in [-0.2, 0) is 4.43 Å². The Balaban J connectivity index is 2.37. The van der Waals surface area contributed by atoms with Gasteiger partial charge in [-0.15, -0.1) is 0 Å². The van der Waals surface area contributed by atoms with Crippen molar-refractivity contribution in [2.75, 3.05) is 25.1 Å². The summed E-state index contributed by atoms with van der Waals surface area (Å²) in [4.78, 5) is 2.33. The first-order valence-corrected chi connectivity index (χ1v) is 9.98. The van der Waals surface area contributed by atoms with Gasteiger partial charge in [0.1, 0.15) is 0 Å². The zero-order valence-corrected chi connectivity index (χ0v) is 13.5. The Bertz CT molecular complexity index is 348. The molecule has 0 spiro atoms. The number of hydrogen-bond acceptors (Lipinski definition) is 2. The van der Waals surface area contributed by atoms with E-state index in [9.17, 15) is 0 Å². The second-order valence-corrected chi connectivity index (χ2v) is 9.86. The summed E-state index contributed by atoms with van der Waals surface area (Å²) in [6, 6.07) is 9.97. The molecule has 1 rings (SSSR count). The van der Waals surface area contributed by atoms with E-state index in [1.165, 1.54) is 23.7 Å². The van der Waals surface area contributed by atoms with E-state index < -0.39 is 8.32 Å². The monoisotopic (exact) mass is 265 g/mol. The number of hydrogen-bond donors (Lipinski definition) is 0. The van der Waals surface area contributed by atoms with Gasteiger partial charge in [0.25, 0.3) is 0 Å². The van der Waals surface area contributed by atoms with Gasteiger partial charge >= 0.3 is 0 Å².